The number of thiol groups is 1. The number of aliphatic carboxylic acids is 1. The third-order valence-corrected chi connectivity index (χ3v) is 4.10. The average Bonchev–Trinajstić information content (AvgIpc) is 2.39. The third kappa shape index (κ3) is 17.1. The molecule has 0 aromatic carbocycles. The van der Waals surface area contributed by atoms with E-state index in [4.69, 9.17) is 5.11 Å². The normalized spacial score (nSPS) is 11.9. The summed E-state index contributed by atoms with van der Waals surface area (Å²) < 4.78 is 0. The zero-order chi connectivity index (χ0) is 14.3. The molecule has 0 aromatic heterocycles. The van der Waals surface area contributed by atoms with Gasteiger partial charge in [0.15, 0.2) is 0 Å². The zero-order valence-corrected chi connectivity index (χ0v) is 13.5. The number of hydrogen-bond acceptors (Lipinski definition) is 2. The SMILES string of the molecule is CCCCCCCCCCCCCCC(S)C(=O)O.[CaH2]. The van der Waals surface area contributed by atoms with E-state index in [2.05, 4.69) is 19.6 Å². The van der Waals surface area contributed by atoms with Crippen molar-refractivity contribution in [1.29, 1.82) is 0 Å². The van der Waals surface area contributed by atoms with Crippen LogP contribution in [-0.4, -0.2) is 54.1 Å². The van der Waals surface area contributed by atoms with Gasteiger partial charge in [0.1, 0.15) is 0 Å². The van der Waals surface area contributed by atoms with Crippen LogP contribution < -0.4 is 0 Å². The number of rotatable bonds is 14. The van der Waals surface area contributed by atoms with E-state index < -0.39 is 11.2 Å². The van der Waals surface area contributed by atoms with E-state index >= 15 is 0 Å². The van der Waals surface area contributed by atoms with E-state index in [1.54, 1.807) is 0 Å². The summed E-state index contributed by atoms with van der Waals surface area (Å²) in [6, 6.07) is 0. The van der Waals surface area contributed by atoms with Gasteiger partial charge in [0.25, 0.3) is 0 Å². The quantitative estimate of drug-likeness (QED) is 0.279. The van der Waals surface area contributed by atoms with E-state index in [-0.39, 0.29) is 37.7 Å². The Balaban J connectivity index is 0. The second kappa shape index (κ2) is 18.1. The first kappa shape index (κ1) is 23.3. The van der Waals surface area contributed by atoms with Gasteiger partial charge in [-0.05, 0) is 6.42 Å². The topological polar surface area (TPSA) is 37.3 Å². The Morgan fingerprint density at radius 2 is 1.20 bits per heavy atom. The molecule has 4 heteroatoms. The number of hydrogen-bond donors (Lipinski definition) is 2. The molecule has 0 saturated carbocycles. The molecule has 0 heterocycles. The molecule has 118 valence electrons. The number of carboxylic acids is 1. The van der Waals surface area contributed by atoms with Gasteiger partial charge in [-0.1, -0.05) is 84.0 Å². The van der Waals surface area contributed by atoms with Crippen LogP contribution in [0.2, 0.25) is 0 Å². The summed E-state index contributed by atoms with van der Waals surface area (Å²) in [6.45, 7) is 2.26. The van der Waals surface area contributed by atoms with Crippen LogP contribution in [0.3, 0.4) is 0 Å². The first-order valence-electron chi connectivity index (χ1n) is 8.09. The van der Waals surface area contributed by atoms with E-state index in [0.29, 0.717) is 6.42 Å². The molecule has 1 atom stereocenters. The Morgan fingerprint density at radius 1 is 0.850 bits per heavy atom. The fourth-order valence-electron chi connectivity index (χ4n) is 2.30. The number of unbranched alkanes of at least 4 members (excludes halogenated alkanes) is 11. The van der Waals surface area contributed by atoms with Crippen LogP contribution in [-0.2, 0) is 4.79 Å². The van der Waals surface area contributed by atoms with Gasteiger partial charge >= 0.3 is 43.7 Å². The molecule has 0 fully saturated rings. The monoisotopic (exact) mass is 330 g/mol. The van der Waals surface area contributed by atoms with Crippen molar-refractivity contribution in [3.05, 3.63) is 0 Å². The van der Waals surface area contributed by atoms with Crippen LogP contribution in [0.5, 0.6) is 0 Å². The zero-order valence-electron chi connectivity index (χ0n) is 12.6. The molecule has 2 nitrogen and oxygen atoms in total. The standard InChI is InChI=1S/C16H32O2S.Ca.2H/c1-2-3-4-5-6-7-8-9-10-11-12-13-14-15(19)16(17)18;;;/h15,19H,2-14H2,1H3,(H,17,18);;;. The molecule has 0 saturated heterocycles. The minimum atomic E-state index is -0.786. The second-order valence-corrected chi connectivity index (χ2v) is 6.16. The van der Waals surface area contributed by atoms with Gasteiger partial charge in [-0.2, -0.15) is 12.6 Å². The van der Waals surface area contributed by atoms with Crippen molar-refractivity contribution in [2.45, 2.75) is 95.6 Å². The number of carbonyl (C=O) groups is 1. The maximum absolute atomic E-state index is 10.6. The summed E-state index contributed by atoms with van der Waals surface area (Å²) in [4.78, 5) is 10.6. The van der Waals surface area contributed by atoms with Gasteiger partial charge in [-0.3, -0.25) is 4.79 Å². The van der Waals surface area contributed by atoms with Crippen LogP contribution >= 0.6 is 12.6 Å². The molecule has 0 aliphatic rings. The van der Waals surface area contributed by atoms with Crippen LogP contribution in [0.25, 0.3) is 0 Å². The van der Waals surface area contributed by atoms with Crippen molar-refractivity contribution in [3.63, 3.8) is 0 Å². The summed E-state index contributed by atoms with van der Waals surface area (Å²) in [5.74, 6) is -0.786. The summed E-state index contributed by atoms with van der Waals surface area (Å²) >= 11 is 4.03. The predicted molar refractivity (Wildman–Crippen MR) is 94.6 cm³/mol. The molecule has 1 unspecified atom stereocenters. The minimum absolute atomic E-state index is 0. The molecule has 0 aliphatic carbocycles. The fourth-order valence-corrected chi connectivity index (χ4v) is 2.48. The van der Waals surface area contributed by atoms with Gasteiger partial charge in [0, 0.05) is 0 Å². The van der Waals surface area contributed by atoms with Crippen LogP contribution in [0, 0.1) is 0 Å². The molecule has 0 spiro atoms. The molecule has 20 heavy (non-hydrogen) atoms. The van der Waals surface area contributed by atoms with E-state index in [1.165, 1.54) is 64.2 Å². The van der Waals surface area contributed by atoms with Gasteiger partial charge < -0.3 is 5.11 Å². The first-order valence-corrected chi connectivity index (χ1v) is 8.61. The van der Waals surface area contributed by atoms with Crippen molar-refractivity contribution < 1.29 is 9.90 Å². The maximum atomic E-state index is 10.6. The van der Waals surface area contributed by atoms with Gasteiger partial charge in [0.2, 0.25) is 0 Å². The molecule has 0 aromatic rings. The molecular formula is C16H34CaO2S. The van der Waals surface area contributed by atoms with Crippen LogP contribution in [0.4, 0.5) is 0 Å². The van der Waals surface area contributed by atoms with E-state index in [0.717, 1.165) is 12.8 Å². The third-order valence-electron chi connectivity index (χ3n) is 3.62. The molecular weight excluding hydrogens is 296 g/mol. The first-order chi connectivity index (χ1) is 9.18. The van der Waals surface area contributed by atoms with Crippen molar-refractivity contribution in [3.8, 4) is 0 Å². The summed E-state index contributed by atoms with van der Waals surface area (Å²) in [5, 5.41) is 8.21. The Kier molecular flexibility index (Phi) is 21.2. The predicted octanol–water partition coefficient (Wildman–Crippen LogP) is 4.54. The van der Waals surface area contributed by atoms with Crippen LogP contribution in [0.15, 0.2) is 0 Å². The molecule has 0 bridgehead atoms. The van der Waals surface area contributed by atoms with Crippen molar-refractivity contribution in [1.82, 2.24) is 0 Å². The fraction of sp³-hybridized carbons (Fsp3) is 0.938. The Bertz CT molecular complexity index is 213. The Morgan fingerprint density at radius 3 is 1.55 bits per heavy atom. The number of carboxylic acid groups (broad SMARTS) is 1. The van der Waals surface area contributed by atoms with Crippen LogP contribution in [0.1, 0.15) is 90.4 Å². The molecule has 0 aliphatic heterocycles. The van der Waals surface area contributed by atoms with Gasteiger partial charge in [0.05, 0.1) is 5.25 Å². The summed E-state index contributed by atoms with van der Waals surface area (Å²) in [7, 11) is 0. The summed E-state index contributed by atoms with van der Waals surface area (Å²) in [6.07, 6.45) is 16.5. The summed E-state index contributed by atoms with van der Waals surface area (Å²) in [5.41, 5.74) is 0. The Hall–Kier alpha value is 1.08. The molecule has 0 radical (unpaired) electrons. The van der Waals surface area contributed by atoms with Crippen molar-refractivity contribution in [2.75, 3.05) is 0 Å². The van der Waals surface area contributed by atoms with E-state index in [9.17, 15) is 4.79 Å². The van der Waals surface area contributed by atoms with E-state index in [1.807, 2.05) is 0 Å². The van der Waals surface area contributed by atoms with Gasteiger partial charge in [-0.15, -0.1) is 0 Å². The Labute approximate surface area is 160 Å². The van der Waals surface area contributed by atoms with Crippen molar-refractivity contribution in [2.24, 2.45) is 0 Å². The van der Waals surface area contributed by atoms with Crippen molar-refractivity contribution >= 4 is 56.3 Å². The molecule has 0 rings (SSSR count). The second-order valence-electron chi connectivity index (χ2n) is 5.53. The molecule has 0 amide bonds. The van der Waals surface area contributed by atoms with Gasteiger partial charge in [-0.25, -0.2) is 0 Å². The molecule has 1 N–H and O–H groups in total. The average molecular weight is 331 g/mol.